The van der Waals surface area contributed by atoms with E-state index in [2.05, 4.69) is 11.5 Å². The van der Waals surface area contributed by atoms with Crippen LogP contribution in [0.25, 0.3) is 0 Å². The smallest absolute Gasteiger partial charge is 0.327 e. The van der Waals surface area contributed by atoms with Gasteiger partial charge in [0.2, 0.25) is 0 Å². The Labute approximate surface area is 175 Å². The minimum Gasteiger partial charge on any atom is -0.468 e. The molecule has 5 nitrogen and oxygen atoms in total. The molecule has 6 heteroatoms. The zero-order chi connectivity index (χ0) is 21.0. The SMILES string of the molecule is C=C1CN(Cc2ccccc2)[C@@H](c2ccc(Cl)cc2)CC1(C(=O)OC)C(=O)OC. The molecule has 0 amide bonds. The number of halogens is 1. The summed E-state index contributed by atoms with van der Waals surface area (Å²) in [4.78, 5) is 27.7. The molecule has 3 rings (SSSR count). The fraction of sp³-hybridized carbons (Fsp3) is 0.304. The van der Waals surface area contributed by atoms with Gasteiger partial charge in [0.05, 0.1) is 14.2 Å². The van der Waals surface area contributed by atoms with E-state index in [-0.39, 0.29) is 12.5 Å². The second kappa shape index (κ2) is 8.80. The van der Waals surface area contributed by atoms with Gasteiger partial charge >= 0.3 is 11.9 Å². The van der Waals surface area contributed by atoms with Crippen molar-refractivity contribution in [3.05, 3.63) is 82.9 Å². The Bertz CT molecular complexity index is 879. The standard InChI is InChI=1S/C23H24ClNO4/c1-16-14-25(15-17-7-5-4-6-8-17)20(18-9-11-19(24)12-10-18)13-23(16,21(26)28-2)22(27)29-3/h4-12,20H,1,13-15H2,2-3H3/t20-/m1/s1. The first kappa shape index (κ1) is 21.1. The molecule has 152 valence electrons. The molecular formula is C23H24ClNO4. The Morgan fingerprint density at radius 2 is 1.66 bits per heavy atom. The number of ether oxygens (including phenoxy) is 2. The Kier molecular flexibility index (Phi) is 6.40. The number of nitrogens with zero attached hydrogens (tertiary/aromatic N) is 1. The van der Waals surface area contributed by atoms with Gasteiger partial charge in [-0.2, -0.15) is 0 Å². The molecule has 0 aliphatic carbocycles. The lowest BCUT2D eigenvalue weighted by atomic mass is 9.70. The highest BCUT2D eigenvalue weighted by molar-refractivity contribution is 6.30. The van der Waals surface area contributed by atoms with Gasteiger partial charge in [-0.1, -0.05) is 60.6 Å². The van der Waals surface area contributed by atoms with Crippen molar-refractivity contribution in [2.75, 3.05) is 20.8 Å². The van der Waals surface area contributed by atoms with Crippen LogP contribution in [0.3, 0.4) is 0 Å². The number of carbonyl (C=O) groups is 2. The topological polar surface area (TPSA) is 55.8 Å². The third-order valence-electron chi connectivity index (χ3n) is 5.49. The van der Waals surface area contributed by atoms with Gasteiger partial charge < -0.3 is 9.47 Å². The van der Waals surface area contributed by atoms with Crippen LogP contribution < -0.4 is 0 Å². The maximum atomic E-state index is 12.8. The molecule has 29 heavy (non-hydrogen) atoms. The molecule has 2 aromatic carbocycles. The first-order valence-corrected chi connectivity index (χ1v) is 9.68. The van der Waals surface area contributed by atoms with Gasteiger partial charge in [-0.3, -0.25) is 14.5 Å². The molecule has 0 spiro atoms. The summed E-state index contributed by atoms with van der Waals surface area (Å²) in [6, 6.07) is 17.2. The lowest BCUT2D eigenvalue weighted by Crippen LogP contribution is -2.52. The summed E-state index contributed by atoms with van der Waals surface area (Å²) >= 11 is 6.07. The lowest BCUT2D eigenvalue weighted by molar-refractivity contribution is -0.169. The molecule has 1 saturated heterocycles. The molecule has 1 aliphatic heterocycles. The first-order chi connectivity index (χ1) is 13.9. The van der Waals surface area contributed by atoms with Crippen molar-refractivity contribution >= 4 is 23.5 Å². The maximum Gasteiger partial charge on any atom is 0.327 e. The number of methoxy groups -OCH3 is 2. The summed E-state index contributed by atoms with van der Waals surface area (Å²) in [5.41, 5.74) is 1.01. The molecule has 1 atom stereocenters. The van der Waals surface area contributed by atoms with Crippen LogP contribution in [0.2, 0.25) is 5.02 Å². The van der Waals surface area contributed by atoms with E-state index in [9.17, 15) is 9.59 Å². The zero-order valence-electron chi connectivity index (χ0n) is 16.6. The summed E-state index contributed by atoms with van der Waals surface area (Å²) in [5, 5.41) is 0.621. The Morgan fingerprint density at radius 3 is 2.21 bits per heavy atom. The normalized spacial score (nSPS) is 18.9. The highest BCUT2D eigenvalue weighted by Gasteiger charge is 2.55. The zero-order valence-corrected chi connectivity index (χ0v) is 17.3. The number of hydrogen-bond donors (Lipinski definition) is 0. The van der Waals surface area contributed by atoms with Gasteiger partial charge in [0.25, 0.3) is 0 Å². The van der Waals surface area contributed by atoms with E-state index in [0.29, 0.717) is 23.7 Å². The summed E-state index contributed by atoms with van der Waals surface area (Å²) in [6.07, 6.45) is 0.180. The van der Waals surface area contributed by atoms with Crippen LogP contribution in [0.4, 0.5) is 0 Å². The van der Waals surface area contributed by atoms with E-state index in [1.54, 1.807) is 12.1 Å². The van der Waals surface area contributed by atoms with Crippen LogP contribution in [0, 0.1) is 5.41 Å². The van der Waals surface area contributed by atoms with Crippen LogP contribution in [0.5, 0.6) is 0 Å². The molecule has 1 aliphatic rings. The molecule has 0 radical (unpaired) electrons. The molecular weight excluding hydrogens is 390 g/mol. The van der Waals surface area contributed by atoms with Crippen molar-refractivity contribution in [1.82, 2.24) is 4.90 Å². The monoisotopic (exact) mass is 413 g/mol. The number of likely N-dealkylation sites (tertiary alicyclic amines) is 1. The fourth-order valence-corrected chi connectivity index (χ4v) is 4.06. The second-order valence-electron chi connectivity index (χ2n) is 7.15. The predicted octanol–water partition coefficient (Wildman–Crippen LogP) is 4.18. The van der Waals surface area contributed by atoms with E-state index in [4.69, 9.17) is 21.1 Å². The van der Waals surface area contributed by atoms with Crippen LogP contribution in [0.1, 0.15) is 23.6 Å². The quantitative estimate of drug-likeness (QED) is 0.418. The maximum absolute atomic E-state index is 12.8. The highest BCUT2D eigenvalue weighted by Crippen LogP contribution is 2.46. The molecule has 0 saturated carbocycles. The van der Waals surface area contributed by atoms with Gasteiger partial charge in [0, 0.05) is 24.2 Å². The summed E-state index contributed by atoms with van der Waals surface area (Å²) in [5.74, 6) is -1.29. The largest absolute Gasteiger partial charge is 0.468 e. The first-order valence-electron chi connectivity index (χ1n) is 9.31. The lowest BCUT2D eigenvalue weighted by Gasteiger charge is -2.45. The molecule has 0 bridgehead atoms. The van der Waals surface area contributed by atoms with Crippen molar-refractivity contribution < 1.29 is 19.1 Å². The highest BCUT2D eigenvalue weighted by atomic mass is 35.5. The molecule has 1 fully saturated rings. The fourth-order valence-electron chi connectivity index (χ4n) is 3.94. The Morgan fingerprint density at radius 1 is 1.07 bits per heavy atom. The van der Waals surface area contributed by atoms with Gasteiger partial charge in [-0.05, 0) is 35.3 Å². The van der Waals surface area contributed by atoms with Gasteiger partial charge in [-0.15, -0.1) is 0 Å². The van der Waals surface area contributed by atoms with Gasteiger partial charge in [0.15, 0.2) is 5.41 Å². The average molecular weight is 414 g/mol. The summed E-state index contributed by atoms with van der Waals surface area (Å²) in [7, 11) is 2.54. The molecule has 0 unspecified atom stereocenters. The van der Waals surface area contributed by atoms with E-state index in [0.717, 1.165) is 11.1 Å². The van der Waals surface area contributed by atoms with Crippen molar-refractivity contribution in [3.8, 4) is 0 Å². The van der Waals surface area contributed by atoms with E-state index >= 15 is 0 Å². The van der Waals surface area contributed by atoms with Crippen LogP contribution in [-0.4, -0.2) is 37.6 Å². The Balaban J connectivity index is 2.04. The van der Waals surface area contributed by atoms with E-state index < -0.39 is 17.4 Å². The summed E-state index contributed by atoms with van der Waals surface area (Å²) in [6.45, 7) is 5.07. The predicted molar refractivity (Wildman–Crippen MR) is 111 cm³/mol. The molecule has 1 heterocycles. The van der Waals surface area contributed by atoms with E-state index in [1.807, 2.05) is 42.5 Å². The molecule has 0 aromatic heterocycles. The molecule has 2 aromatic rings. The van der Waals surface area contributed by atoms with Crippen LogP contribution in [-0.2, 0) is 25.6 Å². The molecule has 0 N–H and O–H groups in total. The third kappa shape index (κ3) is 4.07. The third-order valence-corrected chi connectivity index (χ3v) is 5.74. The second-order valence-corrected chi connectivity index (χ2v) is 7.59. The minimum absolute atomic E-state index is 0.180. The van der Waals surface area contributed by atoms with Gasteiger partial charge in [-0.25, -0.2) is 0 Å². The van der Waals surface area contributed by atoms with Crippen LogP contribution >= 0.6 is 11.6 Å². The number of piperidine rings is 1. The number of benzene rings is 2. The number of esters is 2. The van der Waals surface area contributed by atoms with Crippen LogP contribution in [0.15, 0.2) is 66.7 Å². The van der Waals surface area contributed by atoms with Crippen molar-refractivity contribution in [2.24, 2.45) is 5.41 Å². The summed E-state index contributed by atoms with van der Waals surface area (Å²) < 4.78 is 10.0. The van der Waals surface area contributed by atoms with Crippen molar-refractivity contribution in [1.29, 1.82) is 0 Å². The number of rotatable bonds is 5. The number of carbonyl (C=O) groups excluding carboxylic acids is 2. The van der Waals surface area contributed by atoms with Crippen molar-refractivity contribution in [3.63, 3.8) is 0 Å². The van der Waals surface area contributed by atoms with E-state index in [1.165, 1.54) is 14.2 Å². The average Bonchev–Trinajstić information content (AvgIpc) is 2.74. The number of hydrogen-bond acceptors (Lipinski definition) is 5. The van der Waals surface area contributed by atoms with Gasteiger partial charge in [0.1, 0.15) is 0 Å². The Hall–Kier alpha value is -2.63. The van der Waals surface area contributed by atoms with Crippen molar-refractivity contribution in [2.45, 2.75) is 19.0 Å². The minimum atomic E-state index is -1.54.